The highest BCUT2D eigenvalue weighted by Gasteiger charge is 2.28. The predicted molar refractivity (Wildman–Crippen MR) is 264 cm³/mol. The Morgan fingerprint density at radius 2 is 0.866 bits per heavy atom. The highest BCUT2D eigenvalue weighted by Crippen LogP contribution is 2.50. The van der Waals surface area contributed by atoms with Gasteiger partial charge in [-0.25, -0.2) is 9.59 Å². The smallest absolute Gasteiger partial charge is 0.346 e. The second kappa shape index (κ2) is 17.5. The molecule has 9 heteroatoms. The first-order valence-corrected chi connectivity index (χ1v) is 21.3. The number of carboxylic acids is 2. The van der Waals surface area contributed by atoms with Crippen molar-refractivity contribution in [2.45, 2.75) is 0 Å². The van der Waals surface area contributed by atoms with E-state index < -0.39 is 23.1 Å². The van der Waals surface area contributed by atoms with Gasteiger partial charge in [-0.1, -0.05) is 109 Å². The van der Waals surface area contributed by atoms with Crippen LogP contribution in [0, 0.1) is 22.7 Å². The third-order valence-corrected chi connectivity index (χ3v) is 11.8. The van der Waals surface area contributed by atoms with Gasteiger partial charge in [-0.3, -0.25) is 0 Å². The van der Waals surface area contributed by atoms with Crippen molar-refractivity contribution in [3.63, 3.8) is 0 Å². The first kappa shape index (κ1) is 41.3. The number of aliphatic carboxylic acids is 2. The Bertz CT molecular complexity index is 3400. The molecule has 0 bridgehead atoms. The molecule has 0 saturated heterocycles. The minimum atomic E-state index is -1.49. The number of benzene rings is 8. The maximum absolute atomic E-state index is 12.0. The number of para-hydroxylation sites is 2. The van der Waals surface area contributed by atoms with Gasteiger partial charge in [0.25, 0.3) is 0 Å². The lowest BCUT2D eigenvalue weighted by atomic mass is 10.0. The van der Waals surface area contributed by atoms with Crippen molar-refractivity contribution < 1.29 is 24.2 Å². The van der Waals surface area contributed by atoms with E-state index >= 15 is 0 Å². The Hall–Kier alpha value is -9.70. The number of hydrogen-bond donors (Lipinski definition) is 2. The monoisotopic (exact) mass is 868 g/mol. The minimum Gasteiger partial charge on any atom is -0.477 e. The molecule has 0 spiro atoms. The number of hydrogen-bond acceptors (Lipinski definition) is 7. The van der Waals surface area contributed by atoms with Gasteiger partial charge in [-0.2, -0.15) is 10.5 Å². The van der Waals surface area contributed by atoms with Crippen LogP contribution in [-0.2, 0) is 9.59 Å². The molecule has 10 rings (SSSR count). The van der Waals surface area contributed by atoms with E-state index in [9.17, 15) is 30.3 Å². The van der Waals surface area contributed by atoms with Gasteiger partial charge >= 0.3 is 11.9 Å². The van der Waals surface area contributed by atoms with Crippen molar-refractivity contribution in [2.75, 3.05) is 9.80 Å². The average molecular weight is 869 g/mol. The van der Waals surface area contributed by atoms with E-state index in [4.69, 9.17) is 4.42 Å². The molecule has 9 nitrogen and oxygen atoms in total. The largest absolute Gasteiger partial charge is 0.477 e. The SMILES string of the molecule is N#CC(=Cc1cc(C=C2c3cc(N(c4ccccc4)c4ccc5ccccc5c4)ccc3-c3ccc(N(c4ccccc4)c4ccc5ccccc5c4)cc32)oc1C=C(C#N)C(=O)O)C(=O)O. The van der Waals surface area contributed by atoms with Crippen molar-refractivity contribution in [1.29, 1.82) is 10.5 Å². The molecule has 0 aliphatic heterocycles. The fourth-order valence-corrected chi connectivity index (χ4v) is 8.69. The molecule has 0 fully saturated rings. The molecule has 1 aliphatic rings. The Labute approximate surface area is 385 Å². The summed E-state index contributed by atoms with van der Waals surface area (Å²) in [4.78, 5) is 28.4. The van der Waals surface area contributed by atoms with Gasteiger partial charge in [0.05, 0.1) is 0 Å². The fourth-order valence-electron chi connectivity index (χ4n) is 8.69. The quantitative estimate of drug-likeness (QED) is 0.0959. The zero-order valence-corrected chi connectivity index (χ0v) is 35.5. The molecule has 67 heavy (non-hydrogen) atoms. The van der Waals surface area contributed by atoms with Gasteiger partial charge in [0.2, 0.25) is 0 Å². The van der Waals surface area contributed by atoms with E-state index in [2.05, 4.69) is 131 Å². The molecule has 0 amide bonds. The van der Waals surface area contributed by atoms with Gasteiger partial charge in [-0.05, 0) is 140 Å². The lowest BCUT2D eigenvalue weighted by Crippen LogP contribution is -2.10. The molecular weight excluding hydrogens is 833 g/mol. The molecule has 1 aliphatic carbocycles. The minimum absolute atomic E-state index is 0.0983. The molecule has 1 heterocycles. The molecule has 0 unspecified atom stereocenters. The fraction of sp³-hybridized carbons (Fsp3) is 0. The van der Waals surface area contributed by atoms with E-state index in [-0.39, 0.29) is 17.1 Å². The summed E-state index contributed by atoms with van der Waals surface area (Å²) in [6.45, 7) is 0. The number of nitriles is 2. The van der Waals surface area contributed by atoms with Crippen LogP contribution >= 0.6 is 0 Å². The summed E-state index contributed by atoms with van der Waals surface area (Å²) in [6, 6.07) is 67.1. The van der Waals surface area contributed by atoms with Crippen LogP contribution in [0.15, 0.2) is 204 Å². The predicted octanol–water partition coefficient (Wildman–Crippen LogP) is 14.1. The molecule has 318 valence electrons. The van der Waals surface area contributed by atoms with E-state index in [1.54, 1.807) is 12.1 Å². The number of furan rings is 1. The van der Waals surface area contributed by atoms with E-state index in [0.717, 1.165) is 95.6 Å². The van der Waals surface area contributed by atoms with Crippen LogP contribution in [0.25, 0.3) is 56.5 Å². The lowest BCUT2D eigenvalue weighted by molar-refractivity contribution is -0.133. The van der Waals surface area contributed by atoms with Crippen molar-refractivity contribution in [1.82, 2.24) is 0 Å². The number of rotatable bonds is 11. The summed E-state index contributed by atoms with van der Waals surface area (Å²) in [7, 11) is 0. The topological polar surface area (TPSA) is 142 Å². The van der Waals surface area contributed by atoms with Gasteiger partial charge in [0, 0.05) is 45.8 Å². The first-order valence-electron chi connectivity index (χ1n) is 21.3. The molecule has 8 aromatic carbocycles. The second-order valence-corrected chi connectivity index (χ2v) is 15.8. The van der Waals surface area contributed by atoms with Crippen molar-refractivity contribution >= 4 is 91.4 Å². The highest BCUT2D eigenvalue weighted by atomic mass is 16.4. The molecular formula is C58H36N4O5. The molecule has 1 aromatic heterocycles. The summed E-state index contributed by atoms with van der Waals surface area (Å²) in [5.41, 5.74) is 8.90. The van der Waals surface area contributed by atoms with Crippen LogP contribution in [0.2, 0.25) is 0 Å². The highest BCUT2D eigenvalue weighted by molar-refractivity contribution is 6.09. The van der Waals surface area contributed by atoms with Gasteiger partial charge in [0.1, 0.15) is 34.8 Å². The number of carboxylic acid groups (broad SMARTS) is 2. The third-order valence-electron chi connectivity index (χ3n) is 11.8. The van der Waals surface area contributed by atoms with Gasteiger partial charge < -0.3 is 24.4 Å². The standard InChI is InChI=1S/C58H36N4O5/c59-35-42(57(63)64)27-41-30-50(67-56(41)31-43(36-60)58(65)66)34-55-53-32-48(61(44-15-3-1-4-16-44)46-21-19-37-11-7-9-13-39(37)28-46)23-25-51(53)52-26-24-49(33-54(52)55)62(45-17-5-2-6-18-45)47-22-20-38-12-8-10-14-40(38)29-47/h1-34H,(H,63,64)(H,65,66). The van der Waals surface area contributed by atoms with Crippen LogP contribution in [-0.4, -0.2) is 22.2 Å². The molecule has 9 aromatic rings. The molecule has 0 atom stereocenters. The molecule has 2 N–H and O–H groups in total. The van der Waals surface area contributed by atoms with Crippen LogP contribution in [0.1, 0.15) is 28.2 Å². The summed E-state index contributed by atoms with van der Waals surface area (Å²) >= 11 is 0. The Morgan fingerprint density at radius 3 is 1.33 bits per heavy atom. The van der Waals surface area contributed by atoms with Crippen molar-refractivity contribution in [2.24, 2.45) is 0 Å². The number of nitrogens with zero attached hydrogens (tertiary/aromatic N) is 4. The summed E-state index contributed by atoms with van der Waals surface area (Å²) in [5, 5.41) is 43.3. The number of fused-ring (bicyclic) bond motifs is 5. The van der Waals surface area contributed by atoms with E-state index in [1.165, 1.54) is 6.07 Å². The van der Waals surface area contributed by atoms with Gasteiger partial charge in [0.15, 0.2) is 0 Å². The number of anilines is 6. The Morgan fingerprint density at radius 1 is 0.448 bits per heavy atom. The van der Waals surface area contributed by atoms with Crippen molar-refractivity contribution in [3.8, 4) is 23.3 Å². The Kier molecular flexibility index (Phi) is 10.8. The first-order chi connectivity index (χ1) is 32.8. The lowest BCUT2D eigenvalue weighted by Gasteiger charge is -2.26. The average Bonchev–Trinajstić information content (AvgIpc) is 3.89. The second-order valence-electron chi connectivity index (χ2n) is 15.8. The maximum atomic E-state index is 12.0. The van der Waals surface area contributed by atoms with Crippen LogP contribution < -0.4 is 9.80 Å². The van der Waals surface area contributed by atoms with Crippen molar-refractivity contribution in [3.05, 3.63) is 227 Å². The summed E-state index contributed by atoms with van der Waals surface area (Å²) < 4.78 is 6.29. The molecule has 0 saturated carbocycles. The zero-order chi connectivity index (χ0) is 46.0. The third kappa shape index (κ3) is 7.97. The van der Waals surface area contributed by atoms with Crippen LogP contribution in [0.4, 0.5) is 34.1 Å². The molecule has 0 radical (unpaired) electrons. The van der Waals surface area contributed by atoms with Crippen LogP contribution in [0.5, 0.6) is 0 Å². The maximum Gasteiger partial charge on any atom is 0.346 e. The normalized spacial score (nSPS) is 11.9. The Balaban J connectivity index is 1.20. The summed E-state index contributed by atoms with van der Waals surface area (Å²) in [6.07, 6.45) is 3.96. The zero-order valence-electron chi connectivity index (χ0n) is 35.5. The number of carbonyl (C=O) groups is 2. The van der Waals surface area contributed by atoms with E-state index in [1.807, 2.05) is 66.7 Å². The van der Waals surface area contributed by atoms with E-state index in [0.29, 0.717) is 0 Å². The summed E-state index contributed by atoms with van der Waals surface area (Å²) in [5.74, 6) is -2.83. The van der Waals surface area contributed by atoms with Crippen LogP contribution in [0.3, 0.4) is 0 Å². The van der Waals surface area contributed by atoms with Gasteiger partial charge in [-0.15, -0.1) is 0 Å².